The Morgan fingerprint density at radius 2 is 1.40 bits per heavy atom. The zero-order chi connectivity index (χ0) is 29.4. The first-order valence-corrected chi connectivity index (χ1v) is 16.0. The van der Waals surface area contributed by atoms with Crippen LogP contribution >= 0.6 is 0 Å². The largest absolute Gasteiger partial charge is 0.374 e. The minimum atomic E-state index is -1.01. The fourth-order valence-corrected chi connectivity index (χ4v) is 6.60. The first kappa shape index (κ1) is 30.9. The summed E-state index contributed by atoms with van der Waals surface area (Å²) in [6, 6.07) is 20.3. The third kappa shape index (κ3) is 7.08. The van der Waals surface area contributed by atoms with E-state index in [0.717, 1.165) is 49.7 Å². The van der Waals surface area contributed by atoms with Crippen LogP contribution in [0.25, 0.3) is 0 Å². The molecule has 4 aliphatic rings. The Hall–Kier alpha value is -2.14. The molecule has 8 heteroatoms. The van der Waals surface area contributed by atoms with Crippen molar-refractivity contribution in [2.24, 2.45) is 0 Å². The summed E-state index contributed by atoms with van der Waals surface area (Å²) in [7, 11) is 0. The minimum Gasteiger partial charge on any atom is -0.374 e. The Balaban J connectivity index is 1.29. The van der Waals surface area contributed by atoms with E-state index in [1.54, 1.807) is 0 Å². The van der Waals surface area contributed by atoms with Gasteiger partial charge in [-0.2, -0.15) is 0 Å². The van der Waals surface area contributed by atoms with Crippen molar-refractivity contribution in [3.8, 4) is 0 Å². The molecule has 0 amide bonds. The molecule has 4 heterocycles. The van der Waals surface area contributed by atoms with Gasteiger partial charge in [0.05, 0.1) is 39.6 Å². The molecule has 234 valence electrons. The molecule has 0 bridgehead atoms. The second kappa shape index (κ2) is 14.8. The maximum atomic E-state index is 7.14. The van der Waals surface area contributed by atoms with E-state index in [9.17, 15) is 0 Å². The second-order valence-corrected chi connectivity index (χ2v) is 11.9. The predicted octanol–water partition coefficient (Wildman–Crippen LogP) is 6.07. The van der Waals surface area contributed by atoms with Crippen LogP contribution in [0.3, 0.4) is 0 Å². The van der Waals surface area contributed by atoms with Crippen molar-refractivity contribution in [2.75, 3.05) is 26.4 Å². The first-order chi connectivity index (χ1) is 21.2. The van der Waals surface area contributed by atoms with Crippen molar-refractivity contribution in [3.63, 3.8) is 0 Å². The van der Waals surface area contributed by atoms with E-state index in [1.165, 1.54) is 0 Å². The molecular weight excluding hydrogens is 548 g/mol. The molecule has 2 aromatic rings. The monoisotopic (exact) mass is 594 g/mol. The van der Waals surface area contributed by atoms with Gasteiger partial charge in [-0.1, -0.05) is 66.7 Å². The molecule has 0 N–H and O–H groups in total. The lowest BCUT2D eigenvalue weighted by Gasteiger charge is -2.61. The molecule has 2 aromatic carbocycles. The van der Waals surface area contributed by atoms with Gasteiger partial charge >= 0.3 is 0 Å². The second-order valence-electron chi connectivity index (χ2n) is 11.9. The van der Waals surface area contributed by atoms with Crippen molar-refractivity contribution < 1.29 is 37.9 Å². The van der Waals surface area contributed by atoms with Crippen LogP contribution in [0.1, 0.15) is 62.5 Å². The number of allylic oxidation sites excluding steroid dienone is 1. The van der Waals surface area contributed by atoms with Gasteiger partial charge in [-0.15, -0.1) is 6.58 Å². The molecule has 43 heavy (non-hydrogen) atoms. The molecule has 7 atom stereocenters. The van der Waals surface area contributed by atoms with Crippen LogP contribution in [0.4, 0.5) is 0 Å². The van der Waals surface area contributed by atoms with E-state index in [-0.39, 0.29) is 0 Å². The summed E-state index contributed by atoms with van der Waals surface area (Å²) in [5.41, 5.74) is 2.16. The molecule has 0 radical (unpaired) electrons. The van der Waals surface area contributed by atoms with Crippen LogP contribution in [0.2, 0.25) is 0 Å². The quantitative estimate of drug-likeness (QED) is 0.217. The van der Waals surface area contributed by atoms with Crippen molar-refractivity contribution in [2.45, 2.75) is 107 Å². The van der Waals surface area contributed by atoms with Gasteiger partial charge in [-0.3, -0.25) is 0 Å². The highest BCUT2D eigenvalue weighted by molar-refractivity contribution is 5.14. The summed E-state index contributed by atoms with van der Waals surface area (Å²) in [4.78, 5) is 0. The lowest BCUT2D eigenvalue weighted by molar-refractivity contribution is -0.507. The SMILES string of the molecule is C=CCCCO[C@@H]1O[C@H](COCc2ccccc2)[C@H]2O[C@@]3(CCCCO3)[C@]3(CCCCO3)O[C@@H]2[C@H]1OCc1ccccc1. The number of ether oxygens (including phenoxy) is 8. The van der Waals surface area contributed by atoms with Gasteiger partial charge < -0.3 is 37.9 Å². The predicted molar refractivity (Wildman–Crippen MR) is 160 cm³/mol. The van der Waals surface area contributed by atoms with Gasteiger partial charge in [0.25, 0.3) is 0 Å². The van der Waals surface area contributed by atoms with Crippen molar-refractivity contribution in [1.29, 1.82) is 0 Å². The number of benzene rings is 2. The molecule has 0 aliphatic carbocycles. The van der Waals surface area contributed by atoms with Gasteiger partial charge in [-0.05, 0) is 49.7 Å². The third-order valence-electron chi connectivity index (χ3n) is 8.81. The molecule has 0 saturated carbocycles. The Morgan fingerprint density at radius 3 is 2.00 bits per heavy atom. The van der Waals surface area contributed by atoms with Gasteiger partial charge in [0, 0.05) is 12.8 Å². The summed E-state index contributed by atoms with van der Waals surface area (Å²) >= 11 is 0. The fourth-order valence-electron chi connectivity index (χ4n) is 6.60. The molecular formula is C35H46O8. The average Bonchev–Trinajstić information content (AvgIpc) is 3.05. The smallest absolute Gasteiger partial charge is 0.224 e. The zero-order valence-electron chi connectivity index (χ0n) is 25.1. The summed E-state index contributed by atoms with van der Waals surface area (Å²) < 4.78 is 53.2. The standard InChI is InChI=1S/C35H46O8/c1-2-3-12-21-37-33-32(38-25-28-17-8-5-9-18-28)31-30(29(41-33)26-36-24-27-15-6-4-7-16-27)42-34(19-10-13-22-39-34)35(43-31)20-11-14-23-40-35/h2,4-9,15-18,29-33H,1,3,10-14,19-26H2/t29-,30-,31+,32-,33-,34+,35+/m1/s1. The Kier molecular flexibility index (Phi) is 10.6. The highest BCUT2D eigenvalue weighted by atomic mass is 16.8. The van der Waals surface area contributed by atoms with Gasteiger partial charge in [0.2, 0.25) is 11.6 Å². The van der Waals surface area contributed by atoms with Crippen LogP contribution in [-0.2, 0) is 51.1 Å². The molecule has 8 nitrogen and oxygen atoms in total. The van der Waals surface area contributed by atoms with Crippen LogP contribution in [-0.4, -0.2) is 68.7 Å². The Bertz CT molecular complexity index is 1120. The van der Waals surface area contributed by atoms with E-state index >= 15 is 0 Å². The lowest BCUT2D eigenvalue weighted by atomic mass is 9.86. The average molecular weight is 595 g/mol. The van der Waals surface area contributed by atoms with Crippen LogP contribution in [0.5, 0.6) is 0 Å². The van der Waals surface area contributed by atoms with Gasteiger partial charge in [0.1, 0.15) is 24.4 Å². The van der Waals surface area contributed by atoms with Crippen LogP contribution < -0.4 is 0 Å². The number of rotatable bonds is 12. The van der Waals surface area contributed by atoms with E-state index in [1.807, 2.05) is 42.5 Å². The minimum absolute atomic E-state index is 0.307. The molecule has 4 saturated heterocycles. The summed E-state index contributed by atoms with van der Waals surface area (Å²) in [5.74, 6) is -2.02. The molecule has 0 unspecified atom stereocenters. The molecule has 6 rings (SSSR count). The summed E-state index contributed by atoms with van der Waals surface area (Å²) in [5, 5.41) is 0. The molecule has 2 spiro atoms. The Morgan fingerprint density at radius 1 is 0.767 bits per heavy atom. The van der Waals surface area contributed by atoms with Gasteiger partial charge in [0.15, 0.2) is 6.29 Å². The van der Waals surface area contributed by atoms with E-state index in [2.05, 4.69) is 30.8 Å². The highest BCUT2D eigenvalue weighted by Gasteiger charge is 2.67. The molecule has 4 fully saturated rings. The summed E-state index contributed by atoms with van der Waals surface area (Å²) in [6.45, 7) is 6.71. The molecule has 4 aliphatic heterocycles. The van der Waals surface area contributed by atoms with E-state index < -0.39 is 42.3 Å². The number of unbranched alkanes of at least 4 members (excludes halogenated alkanes) is 1. The maximum absolute atomic E-state index is 7.14. The highest BCUT2D eigenvalue weighted by Crippen LogP contribution is 2.52. The number of hydrogen-bond donors (Lipinski definition) is 0. The van der Waals surface area contributed by atoms with E-state index in [0.29, 0.717) is 52.5 Å². The topological polar surface area (TPSA) is 73.8 Å². The van der Waals surface area contributed by atoms with Crippen LogP contribution in [0.15, 0.2) is 73.3 Å². The van der Waals surface area contributed by atoms with E-state index in [4.69, 9.17) is 37.9 Å². The lowest BCUT2D eigenvalue weighted by Crippen LogP contribution is -2.76. The van der Waals surface area contributed by atoms with Crippen LogP contribution in [0, 0.1) is 0 Å². The van der Waals surface area contributed by atoms with Gasteiger partial charge in [-0.25, -0.2) is 0 Å². The molecule has 0 aromatic heterocycles. The van der Waals surface area contributed by atoms with Crippen molar-refractivity contribution in [3.05, 3.63) is 84.4 Å². The first-order valence-electron chi connectivity index (χ1n) is 16.0. The fraction of sp³-hybridized carbons (Fsp3) is 0.600. The summed E-state index contributed by atoms with van der Waals surface area (Å²) in [6.07, 6.45) is 6.20. The Labute approximate surface area is 255 Å². The zero-order valence-corrected chi connectivity index (χ0v) is 25.1. The van der Waals surface area contributed by atoms with Crippen molar-refractivity contribution in [1.82, 2.24) is 0 Å². The number of hydrogen-bond acceptors (Lipinski definition) is 8. The number of fused-ring (bicyclic) bond motifs is 2. The van der Waals surface area contributed by atoms with Crippen molar-refractivity contribution >= 4 is 0 Å². The normalized spacial score (nSPS) is 34.2. The maximum Gasteiger partial charge on any atom is 0.224 e. The third-order valence-corrected chi connectivity index (χ3v) is 8.81.